The Morgan fingerprint density at radius 3 is 2.08 bits per heavy atom. The molecule has 0 aromatic heterocycles. The van der Waals surface area contributed by atoms with E-state index in [4.69, 9.17) is 0 Å². The van der Waals surface area contributed by atoms with Gasteiger partial charge in [-0.2, -0.15) is 0 Å². The Hall–Kier alpha value is -2.21. The van der Waals surface area contributed by atoms with Crippen LogP contribution in [0.2, 0.25) is 0 Å². The SMILES string of the molecule is CN=C(c1ccccc1C)N1CCN(C[C@@H]2CCCCC2CN2C(=O)C3C4CCC(C4)C3C2=O)CC1. The lowest BCUT2D eigenvalue weighted by Gasteiger charge is -2.41. The van der Waals surface area contributed by atoms with Crippen molar-refractivity contribution in [1.82, 2.24) is 14.7 Å². The molecule has 2 amide bonds. The molecule has 0 spiro atoms. The van der Waals surface area contributed by atoms with Crippen molar-refractivity contribution in [3.05, 3.63) is 35.4 Å². The molecule has 5 aliphatic rings. The largest absolute Gasteiger partial charge is 0.354 e. The zero-order valence-corrected chi connectivity index (χ0v) is 22.1. The van der Waals surface area contributed by atoms with Crippen LogP contribution in [0.3, 0.4) is 0 Å². The molecule has 2 heterocycles. The quantitative estimate of drug-likeness (QED) is 0.358. The summed E-state index contributed by atoms with van der Waals surface area (Å²) in [6.45, 7) is 8.01. The highest BCUT2D eigenvalue weighted by Gasteiger charge is 2.61. The average Bonchev–Trinajstić information content (AvgIpc) is 3.58. The first-order valence-corrected chi connectivity index (χ1v) is 14.4. The predicted octanol–water partition coefficient (Wildman–Crippen LogP) is 3.83. The summed E-state index contributed by atoms with van der Waals surface area (Å²) >= 11 is 0. The second-order valence-corrected chi connectivity index (χ2v) is 12.1. The van der Waals surface area contributed by atoms with Crippen molar-refractivity contribution in [1.29, 1.82) is 0 Å². The first kappa shape index (κ1) is 24.1. The summed E-state index contributed by atoms with van der Waals surface area (Å²) in [5.41, 5.74) is 2.51. The lowest BCUT2D eigenvalue weighted by atomic mass is 9.78. The van der Waals surface area contributed by atoms with Crippen LogP contribution in [0.4, 0.5) is 0 Å². The van der Waals surface area contributed by atoms with Gasteiger partial charge in [-0.15, -0.1) is 0 Å². The molecule has 2 aliphatic heterocycles. The minimum atomic E-state index is 0.0223. The van der Waals surface area contributed by atoms with E-state index in [1.807, 2.05) is 7.05 Å². The highest BCUT2D eigenvalue weighted by Crippen LogP contribution is 2.56. The molecule has 1 aromatic carbocycles. The Morgan fingerprint density at radius 1 is 0.861 bits per heavy atom. The minimum Gasteiger partial charge on any atom is -0.354 e. The Morgan fingerprint density at radius 2 is 1.47 bits per heavy atom. The number of piperazine rings is 1. The minimum absolute atomic E-state index is 0.0223. The summed E-state index contributed by atoms with van der Waals surface area (Å²) < 4.78 is 0. The van der Waals surface area contributed by atoms with Crippen LogP contribution in [0.15, 0.2) is 29.3 Å². The van der Waals surface area contributed by atoms with E-state index in [2.05, 4.69) is 46.0 Å². The Bertz CT molecular complexity index is 1000. The maximum atomic E-state index is 13.3. The summed E-state index contributed by atoms with van der Waals surface area (Å²) in [7, 11) is 1.90. The van der Waals surface area contributed by atoms with Crippen molar-refractivity contribution in [2.45, 2.75) is 51.9 Å². The van der Waals surface area contributed by atoms with E-state index >= 15 is 0 Å². The maximum Gasteiger partial charge on any atom is 0.233 e. The molecular formula is C30H42N4O2. The lowest BCUT2D eigenvalue weighted by Crippen LogP contribution is -2.51. The lowest BCUT2D eigenvalue weighted by molar-refractivity contribution is -0.142. The van der Waals surface area contributed by atoms with Gasteiger partial charge in [0.2, 0.25) is 11.8 Å². The highest BCUT2D eigenvalue weighted by atomic mass is 16.2. The third-order valence-corrected chi connectivity index (χ3v) is 10.3. The number of rotatable bonds is 5. The smallest absolute Gasteiger partial charge is 0.233 e. The van der Waals surface area contributed by atoms with Gasteiger partial charge in [-0.1, -0.05) is 37.1 Å². The Kier molecular flexibility index (Phi) is 6.65. The number of nitrogens with zero attached hydrogens (tertiary/aromatic N) is 4. The van der Waals surface area contributed by atoms with Crippen molar-refractivity contribution < 1.29 is 9.59 Å². The third kappa shape index (κ3) is 4.19. The molecule has 2 saturated heterocycles. The van der Waals surface area contributed by atoms with Crippen molar-refractivity contribution >= 4 is 17.6 Å². The molecule has 3 aliphatic carbocycles. The monoisotopic (exact) mass is 490 g/mol. The van der Waals surface area contributed by atoms with Gasteiger partial charge in [-0.25, -0.2) is 0 Å². The number of benzene rings is 1. The molecule has 0 N–H and O–H groups in total. The van der Waals surface area contributed by atoms with Gasteiger partial charge in [0.25, 0.3) is 0 Å². The van der Waals surface area contributed by atoms with Gasteiger partial charge in [0.1, 0.15) is 5.84 Å². The van der Waals surface area contributed by atoms with Crippen molar-refractivity contribution in [2.24, 2.45) is 40.5 Å². The molecule has 6 heteroatoms. The van der Waals surface area contributed by atoms with Gasteiger partial charge in [0, 0.05) is 51.9 Å². The molecule has 6 nitrogen and oxygen atoms in total. The predicted molar refractivity (Wildman–Crippen MR) is 142 cm³/mol. The second kappa shape index (κ2) is 9.92. The zero-order chi connectivity index (χ0) is 24.8. The van der Waals surface area contributed by atoms with Crippen molar-refractivity contribution in [3.8, 4) is 0 Å². The van der Waals surface area contributed by atoms with Crippen LogP contribution >= 0.6 is 0 Å². The van der Waals surface area contributed by atoms with E-state index in [0.717, 1.165) is 64.2 Å². The summed E-state index contributed by atoms with van der Waals surface area (Å²) in [5, 5.41) is 0. The van der Waals surface area contributed by atoms with Gasteiger partial charge < -0.3 is 4.90 Å². The number of amidine groups is 1. The van der Waals surface area contributed by atoms with Crippen LogP contribution < -0.4 is 0 Å². The molecule has 36 heavy (non-hydrogen) atoms. The van der Waals surface area contributed by atoms with Crippen LogP contribution in [-0.4, -0.2) is 78.7 Å². The van der Waals surface area contributed by atoms with Crippen LogP contribution in [0.25, 0.3) is 0 Å². The fraction of sp³-hybridized carbons (Fsp3) is 0.700. The first-order valence-electron chi connectivity index (χ1n) is 14.4. The normalized spacial score (nSPS) is 35.1. The summed E-state index contributed by atoms with van der Waals surface area (Å²) in [5.74, 6) is 3.51. The van der Waals surface area contributed by atoms with Crippen LogP contribution in [0, 0.1) is 42.4 Å². The number of carbonyl (C=O) groups is 2. The number of aryl methyl sites for hydroxylation is 1. The number of carbonyl (C=O) groups excluding carboxylic acids is 2. The van der Waals surface area contributed by atoms with Gasteiger partial charge in [-0.05, 0) is 68.3 Å². The number of likely N-dealkylation sites (tertiary alicyclic amines) is 1. The molecule has 3 saturated carbocycles. The van der Waals surface area contributed by atoms with Gasteiger partial charge in [0.15, 0.2) is 0 Å². The average molecular weight is 491 g/mol. The van der Waals surface area contributed by atoms with Crippen LogP contribution in [-0.2, 0) is 9.59 Å². The van der Waals surface area contributed by atoms with E-state index in [-0.39, 0.29) is 23.7 Å². The first-order chi connectivity index (χ1) is 17.5. The number of imide groups is 1. The van der Waals surface area contributed by atoms with E-state index in [1.165, 1.54) is 30.4 Å². The number of hydrogen-bond donors (Lipinski definition) is 0. The Labute approximate surface area is 216 Å². The van der Waals surface area contributed by atoms with E-state index < -0.39 is 0 Å². The second-order valence-electron chi connectivity index (χ2n) is 12.1. The Balaban J connectivity index is 1.07. The molecule has 1 aromatic rings. The third-order valence-electron chi connectivity index (χ3n) is 10.3. The molecular weight excluding hydrogens is 448 g/mol. The number of amides is 2. The topological polar surface area (TPSA) is 56.2 Å². The molecule has 2 bridgehead atoms. The van der Waals surface area contributed by atoms with Crippen molar-refractivity contribution in [2.75, 3.05) is 46.3 Å². The van der Waals surface area contributed by atoms with Crippen LogP contribution in [0.1, 0.15) is 56.1 Å². The fourth-order valence-electron chi connectivity index (χ4n) is 8.38. The standard InChI is InChI=1S/C30H42N4O2/c1-20-7-3-6-10-25(20)28(31-2)33-15-13-32(14-16-33)18-23-8-4-5-9-24(23)19-34-29(35)26-21-11-12-22(17-21)27(26)30(34)36/h3,6-7,10,21-24,26-27H,4-5,8-9,11-19H2,1-2H3/t21?,22?,23-,24?,26?,27?/m0/s1. The number of aliphatic imine (C=N–C) groups is 1. The van der Waals surface area contributed by atoms with E-state index in [1.54, 1.807) is 4.90 Å². The fourth-order valence-corrected chi connectivity index (χ4v) is 8.38. The van der Waals surface area contributed by atoms with Crippen LogP contribution in [0.5, 0.6) is 0 Å². The summed E-state index contributed by atoms with van der Waals surface area (Å²) in [6, 6.07) is 8.52. The van der Waals surface area contributed by atoms with E-state index in [0.29, 0.717) is 30.2 Å². The van der Waals surface area contributed by atoms with Crippen molar-refractivity contribution in [3.63, 3.8) is 0 Å². The zero-order valence-electron chi connectivity index (χ0n) is 22.1. The van der Waals surface area contributed by atoms with Gasteiger partial charge >= 0.3 is 0 Å². The summed E-state index contributed by atoms with van der Waals surface area (Å²) in [6.07, 6.45) is 8.32. The maximum absolute atomic E-state index is 13.3. The molecule has 5 fully saturated rings. The molecule has 194 valence electrons. The summed E-state index contributed by atoms with van der Waals surface area (Å²) in [4.78, 5) is 38.1. The molecule has 0 radical (unpaired) electrons. The van der Waals surface area contributed by atoms with Gasteiger partial charge in [0.05, 0.1) is 11.8 Å². The molecule has 6 rings (SSSR count). The number of hydrogen-bond acceptors (Lipinski definition) is 4. The number of fused-ring (bicyclic) bond motifs is 5. The van der Waals surface area contributed by atoms with Gasteiger partial charge in [-0.3, -0.25) is 24.4 Å². The highest BCUT2D eigenvalue weighted by molar-refractivity contribution is 6.06. The molecule has 5 unspecified atom stereocenters. The molecule has 6 atom stereocenters. The van der Waals surface area contributed by atoms with E-state index in [9.17, 15) is 9.59 Å².